The topological polar surface area (TPSA) is 67.3 Å². The van der Waals surface area contributed by atoms with E-state index in [1.165, 1.54) is 18.5 Å². The summed E-state index contributed by atoms with van der Waals surface area (Å²) >= 11 is 6.54. The number of imide groups is 3. The van der Waals surface area contributed by atoms with Gasteiger partial charge in [-0.15, -0.1) is 0 Å². The zero-order chi connectivity index (χ0) is 16.4. The summed E-state index contributed by atoms with van der Waals surface area (Å²) in [5.74, 6) is -1.32. The zero-order valence-electron chi connectivity index (χ0n) is 11.6. The minimum absolute atomic E-state index is 0.183. The smallest absolute Gasteiger partial charge is 0.268 e. The molecule has 0 unspecified atom stereocenters. The van der Waals surface area contributed by atoms with Crippen LogP contribution in [0, 0.1) is 0 Å². The Bertz CT molecular complexity index is 819. The van der Waals surface area contributed by atoms with Crippen molar-refractivity contribution >= 4 is 46.5 Å². The standard InChI is InChI=1S/C16H9ClN2O3S/c17-12-5-3-10(4-6-12)8-13-15(21)19(16(22)23-13)14(20)11-2-1-7-18-9-11/h1-9H/b13-8+. The summed E-state index contributed by atoms with van der Waals surface area (Å²) < 4.78 is 0. The van der Waals surface area contributed by atoms with E-state index in [1.54, 1.807) is 36.4 Å². The molecule has 1 aromatic heterocycles. The minimum atomic E-state index is -0.680. The highest BCUT2D eigenvalue weighted by atomic mass is 35.5. The Morgan fingerprint density at radius 2 is 1.91 bits per heavy atom. The number of halogens is 1. The number of hydrogen-bond acceptors (Lipinski definition) is 5. The molecule has 3 amide bonds. The van der Waals surface area contributed by atoms with Gasteiger partial charge in [0.2, 0.25) is 0 Å². The van der Waals surface area contributed by atoms with E-state index >= 15 is 0 Å². The van der Waals surface area contributed by atoms with E-state index in [1.807, 2.05) is 0 Å². The monoisotopic (exact) mass is 344 g/mol. The van der Waals surface area contributed by atoms with Gasteiger partial charge in [0.25, 0.3) is 11.8 Å². The second kappa shape index (κ2) is 6.36. The molecule has 23 heavy (non-hydrogen) atoms. The van der Waals surface area contributed by atoms with E-state index in [-0.39, 0.29) is 10.5 Å². The molecule has 2 aromatic rings. The summed E-state index contributed by atoms with van der Waals surface area (Å²) in [6.45, 7) is 0. The number of carbonyl (C=O) groups excluding carboxylic acids is 3. The lowest BCUT2D eigenvalue weighted by molar-refractivity contribution is -0.120. The van der Waals surface area contributed by atoms with Gasteiger partial charge in [-0.05, 0) is 47.7 Å². The first kappa shape index (κ1) is 15.5. The molecule has 0 atom stereocenters. The predicted octanol–water partition coefficient (Wildman–Crippen LogP) is 3.61. The van der Waals surface area contributed by atoms with Gasteiger partial charge in [0, 0.05) is 17.4 Å². The van der Waals surface area contributed by atoms with Crippen molar-refractivity contribution in [3.05, 3.63) is 69.8 Å². The van der Waals surface area contributed by atoms with Gasteiger partial charge in [0.1, 0.15) is 0 Å². The highest BCUT2D eigenvalue weighted by molar-refractivity contribution is 8.18. The maximum atomic E-state index is 12.4. The molecule has 1 aliphatic heterocycles. The third kappa shape index (κ3) is 3.18. The molecule has 1 aromatic carbocycles. The Morgan fingerprint density at radius 1 is 1.17 bits per heavy atom. The number of carbonyl (C=O) groups is 3. The number of pyridine rings is 1. The first-order chi connectivity index (χ1) is 11.1. The molecule has 0 bridgehead atoms. The molecule has 0 aliphatic carbocycles. The average molecular weight is 345 g/mol. The fourth-order valence-corrected chi connectivity index (χ4v) is 2.92. The molecule has 7 heteroatoms. The lowest BCUT2D eigenvalue weighted by atomic mass is 10.2. The van der Waals surface area contributed by atoms with Crippen LogP contribution in [0.4, 0.5) is 4.79 Å². The van der Waals surface area contributed by atoms with Crippen molar-refractivity contribution in [2.45, 2.75) is 0 Å². The lowest BCUT2D eigenvalue weighted by Crippen LogP contribution is -2.34. The molecule has 2 heterocycles. The fraction of sp³-hybridized carbons (Fsp3) is 0. The van der Waals surface area contributed by atoms with Crippen LogP contribution in [0.1, 0.15) is 15.9 Å². The maximum absolute atomic E-state index is 12.4. The van der Waals surface area contributed by atoms with Crippen molar-refractivity contribution in [1.29, 1.82) is 0 Å². The summed E-state index contributed by atoms with van der Waals surface area (Å²) in [7, 11) is 0. The SMILES string of the molecule is O=C1S/C(=C/c2ccc(Cl)cc2)C(=O)N1C(=O)c1cccnc1. The van der Waals surface area contributed by atoms with Crippen LogP contribution >= 0.6 is 23.4 Å². The van der Waals surface area contributed by atoms with E-state index < -0.39 is 17.1 Å². The molecule has 0 spiro atoms. The third-order valence-electron chi connectivity index (χ3n) is 3.07. The van der Waals surface area contributed by atoms with E-state index in [2.05, 4.69) is 4.98 Å². The van der Waals surface area contributed by atoms with Crippen LogP contribution in [0.5, 0.6) is 0 Å². The van der Waals surface area contributed by atoms with Gasteiger partial charge in [0.15, 0.2) is 0 Å². The Balaban J connectivity index is 1.88. The molecule has 5 nitrogen and oxygen atoms in total. The van der Waals surface area contributed by atoms with Crippen LogP contribution in [0.25, 0.3) is 6.08 Å². The largest absolute Gasteiger partial charge is 0.300 e. The number of benzene rings is 1. The van der Waals surface area contributed by atoms with Gasteiger partial charge in [-0.3, -0.25) is 19.4 Å². The maximum Gasteiger partial charge on any atom is 0.300 e. The molecule has 0 radical (unpaired) electrons. The van der Waals surface area contributed by atoms with Gasteiger partial charge in [-0.1, -0.05) is 23.7 Å². The average Bonchev–Trinajstić information content (AvgIpc) is 2.84. The normalized spacial score (nSPS) is 16.2. The third-order valence-corrected chi connectivity index (χ3v) is 4.19. The molecule has 1 aliphatic rings. The van der Waals surface area contributed by atoms with Crippen molar-refractivity contribution in [3.63, 3.8) is 0 Å². The number of aromatic nitrogens is 1. The number of hydrogen-bond donors (Lipinski definition) is 0. The first-order valence-electron chi connectivity index (χ1n) is 6.54. The van der Waals surface area contributed by atoms with Crippen molar-refractivity contribution in [2.75, 3.05) is 0 Å². The van der Waals surface area contributed by atoms with E-state index in [9.17, 15) is 14.4 Å². The highest BCUT2D eigenvalue weighted by Gasteiger charge is 2.40. The summed E-state index contributed by atoms with van der Waals surface area (Å²) in [6.07, 6.45) is 4.37. The summed E-state index contributed by atoms with van der Waals surface area (Å²) in [4.78, 5) is 41.3. The summed E-state index contributed by atoms with van der Waals surface area (Å²) in [5.41, 5.74) is 0.899. The molecule has 1 fully saturated rings. The minimum Gasteiger partial charge on any atom is -0.268 e. The molecular formula is C16H9ClN2O3S. The molecule has 0 N–H and O–H groups in total. The molecule has 3 rings (SSSR count). The van der Waals surface area contributed by atoms with Crippen molar-refractivity contribution in [2.24, 2.45) is 0 Å². The van der Waals surface area contributed by atoms with Crippen LogP contribution in [-0.2, 0) is 4.79 Å². The molecule has 0 saturated carbocycles. The number of nitrogens with zero attached hydrogens (tertiary/aromatic N) is 2. The molecule has 1 saturated heterocycles. The van der Waals surface area contributed by atoms with Gasteiger partial charge in [0.05, 0.1) is 10.5 Å². The Labute approximate surface area is 141 Å². The number of thioether (sulfide) groups is 1. The quantitative estimate of drug-likeness (QED) is 0.615. The highest BCUT2D eigenvalue weighted by Crippen LogP contribution is 2.33. The van der Waals surface area contributed by atoms with Gasteiger partial charge >= 0.3 is 5.24 Å². The molecular weight excluding hydrogens is 336 g/mol. The van der Waals surface area contributed by atoms with Crippen LogP contribution in [0.15, 0.2) is 53.7 Å². The van der Waals surface area contributed by atoms with Crippen molar-refractivity contribution in [1.82, 2.24) is 9.88 Å². The molecule has 114 valence electrons. The van der Waals surface area contributed by atoms with Gasteiger partial charge < -0.3 is 0 Å². The number of rotatable bonds is 2. The zero-order valence-corrected chi connectivity index (χ0v) is 13.2. The van der Waals surface area contributed by atoms with Crippen LogP contribution in [-0.4, -0.2) is 26.9 Å². The fourth-order valence-electron chi connectivity index (χ4n) is 1.97. The Kier molecular flexibility index (Phi) is 4.27. The van der Waals surface area contributed by atoms with Crippen molar-refractivity contribution < 1.29 is 14.4 Å². The van der Waals surface area contributed by atoms with Crippen LogP contribution in [0.3, 0.4) is 0 Å². The second-order valence-electron chi connectivity index (χ2n) is 4.62. The Hall–Kier alpha value is -2.44. The predicted molar refractivity (Wildman–Crippen MR) is 87.8 cm³/mol. The van der Waals surface area contributed by atoms with Gasteiger partial charge in [-0.2, -0.15) is 0 Å². The first-order valence-corrected chi connectivity index (χ1v) is 7.73. The summed E-state index contributed by atoms with van der Waals surface area (Å²) in [5, 5.41) is -0.0499. The van der Waals surface area contributed by atoms with Crippen LogP contribution < -0.4 is 0 Å². The van der Waals surface area contributed by atoms with E-state index in [4.69, 9.17) is 11.6 Å². The van der Waals surface area contributed by atoms with Gasteiger partial charge in [-0.25, -0.2) is 4.90 Å². The lowest BCUT2D eigenvalue weighted by Gasteiger charge is -2.09. The van der Waals surface area contributed by atoms with E-state index in [0.29, 0.717) is 15.5 Å². The summed E-state index contributed by atoms with van der Waals surface area (Å²) in [6, 6.07) is 9.87. The van der Waals surface area contributed by atoms with E-state index in [0.717, 1.165) is 11.8 Å². The second-order valence-corrected chi connectivity index (χ2v) is 6.05. The number of amides is 3. The Morgan fingerprint density at radius 3 is 2.57 bits per heavy atom. The van der Waals surface area contributed by atoms with Crippen molar-refractivity contribution in [3.8, 4) is 0 Å². The van der Waals surface area contributed by atoms with Crippen LogP contribution in [0.2, 0.25) is 5.02 Å².